The van der Waals surface area contributed by atoms with Crippen LogP contribution in [-0.2, 0) is 12.3 Å². The van der Waals surface area contributed by atoms with Crippen LogP contribution in [0.2, 0.25) is 0 Å². The molecule has 17 heavy (non-hydrogen) atoms. The van der Waals surface area contributed by atoms with Gasteiger partial charge in [0.15, 0.2) is 0 Å². The van der Waals surface area contributed by atoms with Crippen LogP contribution in [0.25, 0.3) is 0 Å². The van der Waals surface area contributed by atoms with E-state index in [1.165, 1.54) is 20.5 Å². The number of halogens is 1. The summed E-state index contributed by atoms with van der Waals surface area (Å²) in [6.45, 7) is 0.601. The molecule has 0 spiro atoms. The average molecular weight is 308 g/mol. The normalized spacial score (nSPS) is 10.5. The topological polar surface area (TPSA) is 26.0 Å². The maximum Gasteiger partial charge on any atom is 0.0243 e. The summed E-state index contributed by atoms with van der Waals surface area (Å²) >= 11 is 5.40. The lowest BCUT2D eigenvalue weighted by Crippen LogP contribution is -1.95. The Bertz CT molecular complexity index is 499. The van der Waals surface area contributed by atoms with E-state index in [0.29, 0.717) is 6.54 Å². The molecular weight excluding hydrogens is 294 g/mol. The van der Waals surface area contributed by atoms with E-state index < -0.39 is 0 Å². The Balaban J connectivity index is 2.05. The van der Waals surface area contributed by atoms with Crippen LogP contribution in [0.5, 0.6) is 0 Å². The highest BCUT2D eigenvalue weighted by Gasteiger charge is 2.00. The van der Waals surface area contributed by atoms with Crippen molar-refractivity contribution in [2.45, 2.75) is 17.2 Å². The lowest BCUT2D eigenvalue weighted by atomic mass is 10.2. The van der Waals surface area contributed by atoms with Gasteiger partial charge in [0.2, 0.25) is 0 Å². The van der Waals surface area contributed by atoms with Crippen molar-refractivity contribution in [1.82, 2.24) is 0 Å². The van der Waals surface area contributed by atoms with Crippen molar-refractivity contribution in [3.8, 4) is 0 Å². The Labute approximate surface area is 115 Å². The first-order chi connectivity index (χ1) is 8.29. The van der Waals surface area contributed by atoms with Gasteiger partial charge in [0.05, 0.1) is 0 Å². The summed E-state index contributed by atoms with van der Waals surface area (Å²) in [4.78, 5) is 1.27. The van der Waals surface area contributed by atoms with Crippen LogP contribution in [0, 0.1) is 0 Å². The molecule has 0 bridgehead atoms. The van der Waals surface area contributed by atoms with Crippen molar-refractivity contribution in [1.29, 1.82) is 0 Å². The number of thioether (sulfide) groups is 1. The fraction of sp³-hybridized carbons (Fsp3) is 0.143. The average Bonchev–Trinajstić information content (AvgIpc) is 2.38. The van der Waals surface area contributed by atoms with Crippen molar-refractivity contribution in [3.05, 3.63) is 64.1 Å². The zero-order chi connectivity index (χ0) is 12.1. The quantitative estimate of drug-likeness (QED) is 0.857. The Kier molecular flexibility index (Phi) is 4.66. The van der Waals surface area contributed by atoms with E-state index in [1.807, 2.05) is 17.8 Å². The zero-order valence-electron chi connectivity index (χ0n) is 9.40. The van der Waals surface area contributed by atoms with Crippen LogP contribution in [0.4, 0.5) is 0 Å². The fourth-order valence-corrected chi connectivity index (χ4v) is 3.13. The predicted molar refractivity (Wildman–Crippen MR) is 78.0 cm³/mol. The van der Waals surface area contributed by atoms with Crippen LogP contribution >= 0.6 is 27.7 Å². The van der Waals surface area contributed by atoms with Crippen molar-refractivity contribution >= 4 is 27.7 Å². The molecule has 1 nitrogen and oxygen atoms in total. The minimum atomic E-state index is 0.601. The van der Waals surface area contributed by atoms with Crippen molar-refractivity contribution < 1.29 is 0 Å². The number of hydrogen-bond acceptors (Lipinski definition) is 2. The van der Waals surface area contributed by atoms with Crippen LogP contribution in [0.15, 0.2) is 57.9 Å². The second kappa shape index (κ2) is 6.24. The molecule has 0 atom stereocenters. The molecule has 2 rings (SSSR count). The standard InChI is InChI=1S/C14H14BrNS/c15-14-7-2-1-5-12(14)10-17-13-6-3-4-11(8-13)9-16/h1-8H,9-10,16H2. The molecule has 0 radical (unpaired) electrons. The van der Waals surface area contributed by atoms with Crippen LogP contribution in [0.3, 0.4) is 0 Å². The highest BCUT2D eigenvalue weighted by molar-refractivity contribution is 9.10. The third kappa shape index (κ3) is 3.60. The second-order valence-corrected chi connectivity index (χ2v) is 5.63. The Morgan fingerprint density at radius 2 is 1.88 bits per heavy atom. The third-order valence-corrected chi connectivity index (χ3v) is 4.30. The molecule has 0 heterocycles. The van der Waals surface area contributed by atoms with Gasteiger partial charge in [-0.25, -0.2) is 0 Å². The van der Waals surface area contributed by atoms with Gasteiger partial charge in [-0.05, 0) is 29.3 Å². The van der Waals surface area contributed by atoms with Crippen LogP contribution in [0.1, 0.15) is 11.1 Å². The molecule has 0 saturated carbocycles. The summed E-state index contributed by atoms with van der Waals surface area (Å²) in [5, 5.41) is 0. The van der Waals surface area contributed by atoms with Crippen molar-refractivity contribution in [3.63, 3.8) is 0 Å². The predicted octanol–water partition coefficient (Wildman–Crippen LogP) is 4.20. The van der Waals surface area contributed by atoms with Gasteiger partial charge in [-0.2, -0.15) is 0 Å². The van der Waals surface area contributed by atoms with Crippen LogP contribution < -0.4 is 5.73 Å². The van der Waals surface area contributed by atoms with Gasteiger partial charge >= 0.3 is 0 Å². The summed E-state index contributed by atoms with van der Waals surface area (Å²) in [6.07, 6.45) is 0. The molecule has 2 aromatic rings. The molecule has 0 aliphatic heterocycles. The fourth-order valence-electron chi connectivity index (χ4n) is 1.54. The van der Waals surface area contributed by atoms with E-state index in [2.05, 4.69) is 58.4 Å². The highest BCUT2D eigenvalue weighted by atomic mass is 79.9. The molecule has 0 fully saturated rings. The van der Waals surface area contributed by atoms with E-state index >= 15 is 0 Å². The number of hydrogen-bond donors (Lipinski definition) is 1. The summed E-state index contributed by atoms with van der Waals surface area (Å²) < 4.78 is 1.17. The van der Waals surface area contributed by atoms with Gasteiger partial charge in [0, 0.05) is 21.7 Å². The van der Waals surface area contributed by atoms with Crippen molar-refractivity contribution in [2.24, 2.45) is 5.73 Å². The van der Waals surface area contributed by atoms with E-state index in [-0.39, 0.29) is 0 Å². The summed E-state index contributed by atoms with van der Waals surface area (Å²) in [6, 6.07) is 16.7. The summed E-state index contributed by atoms with van der Waals surface area (Å²) in [7, 11) is 0. The summed E-state index contributed by atoms with van der Waals surface area (Å²) in [5.74, 6) is 0.968. The molecule has 0 aromatic heterocycles. The molecule has 0 unspecified atom stereocenters. The lowest BCUT2D eigenvalue weighted by molar-refractivity contribution is 1.06. The maximum atomic E-state index is 5.63. The Hall–Kier alpha value is -0.770. The smallest absolute Gasteiger partial charge is 0.0243 e. The molecular formula is C14H14BrNS. The number of rotatable bonds is 4. The summed E-state index contributed by atoms with van der Waals surface area (Å²) in [5.41, 5.74) is 8.13. The van der Waals surface area contributed by atoms with Gasteiger partial charge < -0.3 is 5.73 Å². The van der Waals surface area contributed by atoms with Gasteiger partial charge in [0.1, 0.15) is 0 Å². The van der Waals surface area contributed by atoms with E-state index in [9.17, 15) is 0 Å². The first-order valence-electron chi connectivity index (χ1n) is 5.45. The van der Waals surface area contributed by atoms with Gasteiger partial charge in [-0.1, -0.05) is 46.3 Å². The minimum Gasteiger partial charge on any atom is -0.326 e. The molecule has 88 valence electrons. The highest BCUT2D eigenvalue weighted by Crippen LogP contribution is 2.27. The van der Waals surface area contributed by atoms with Gasteiger partial charge in [-0.15, -0.1) is 11.8 Å². The third-order valence-electron chi connectivity index (χ3n) is 2.49. The monoisotopic (exact) mass is 307 g/mol. The lowest BCUT2D eigenvalue weighted by Gasteiger charge is -2.05. The van der Waals surface area contributed by atoms with E-state index in [4.69, 9.17) is 5.73 Å². The minimum absolute atomic E-state index is 0.601. The van der Waals surface area contributed by atoms with E-state index in [0.717, 1.165) is 5.75 Å². The SMILES string of the molecule is NCc1cccc(SCc2ccccc2Br)c1. The zero-order valence-corrected chi connectivity index (χ0v) is 11.8. The number of nitrogens with two attached hydrogens (primary N) is 1. The molecule has 2 aromatic carbocycles. The number of benzene rings is 2. The first kappa shape index (κ1) is 12.7. The molecule has 2 N–H and O–H groups in total. The largest absolute Gasteiger partial charge is 0.326 e. The second-order valence-electron chi connectivity index (χ2n) is 3.73. The molecule has 3 heteroatoms. The molecule has 0 amide bonds. The molecule has 0 saturated heterocycles. The van der Waals surface area contributed by atoms with Crippen LogP contribution in [-0.4, -0.2) is 0 Å². The van der Waals surface area contributed by atoms with Gasteiger partial charge in [0.25, 0.3) is 0 Å². The Morgan fingerprint density at radius 3 is 2.65 bits per heavy atom. The van der Waals surface area contributed by atoms with Gasteiger partial charge in [-0.3, -0.25) is 0 Å². The Morgan fingerprint density at radius 1 is 1.06 bits per heavy atom. The maximum absolute atomic E-state index is 5.63. The first-order valence-corrected chi connectivity index (χ1v) is 7.22. The van der Waals surface area contributed by atoms with E-state index in [1.54, 1.807) is 0 Å². The van der Waals surface area contributed by atoms with Crippen molar-refractivity contribution in [2.75, 3.05) is 0 Å². The molecule has 0 aliphatic carbocycles. The molecule has 0 aliphatic rings.